The first-order valence-electron chi connectivity index (χ1n) is 7.44. The first-order chi connectivity index (χ1) is 10.7. The molecule has 0 saturated carbocycles. The minimum Gasteiger partial charge on any atom is -0.404 e. The largest absolute Gasteiger partial charge is 0.573 e. The lowest BCUT2D eigenvalue weighted by Gasteiger charge is -2.38. The van der Waals surface area contributed by atoms with Crippen molar-refractivity contribution in [3.8, 4) is 12.1 Å². The molecule has 2 rings (SSSR count). The third-order valence-electron chi connectivity index (χ3n) is 4.07. The summed E-state index contributed by atoms with van der Waals surface area (Å²) in [6.07, 6.45) is -2.42. The Morgan fingerprint density at radius 3 is 2.17 bits per heavy atom. The number of alkyl halides is 3. The average Bonchev–Trinajstić information content (AvgIpc) is 2.95. The topological polar surface area (TPSA) is 60.1 Å². The molecule has 2 aliphatic rings. The number of ether oxygens (including phenoxy) is 1. The van der Waals surface area contributed by atoms with Crippen molar-refractivity contribution in [2.45, 2.75) is 45.9 Å². The summed E-state index contributed by atoms with van der Waals surface area (Å²) in [6.45, 7) is 5.16. The first kappa shape index (κ1) is 17.2. The molecule has 0 unspecified atom stereocenters. The van der Waals surface area contributed by atoms with Gasteiger partial charge in [0.1, 0.15) is 17.7 Å². The molecule has 1 fully saturated rings. The molecule has 0 bridgehead atoms. The summed E-state index contributed by atoms with van der Waals surface area (Å²) in [5, 5.41) is 18.2. The van der Waals surface area contributed by atoms with Crippen molar-refractivity contribution in [1.82, 2.24) is 4.90 Å². The van der Waals surface area contributed by atoms with Crippen LogP contribution >= 0.6 is 0 Å². The molecule has 0 spiro atoms. The molecule has 0 aromatic heterocycles. The van der Waals surface area contributed by atoms with Crippen LogP contribution in [0.25, 0.3) is 0 Å². The third kappa shape index (κ3) is 3.98. The van der Waals surface area contributed by atoms with Crippen molar-refractivity contribution in [2.75, 3.05) is 13.1 Å². The molecule has 0 radical (unpaired) electrons. The zero-order valence-electron chi connectivity index (χ0n) is 13.1. The van der Waals surface area contributed by atoms with E-state index in [4.69, 9.17) is 10.5 Å². The van der Waals surface area contributed by atoms with Gasteiger partial charge in [-0.3, -0.25) is 0 Å². The van der Waals surface area contributed by atoms with E-state index in [9.17, 15) is 13.2 Å². The molecule has 1 aliphatic carbocycles. The summed E-state index contributed by atoms with van der Waals surface area (Å²) < 4.78 is 42.9. The number of nitrogens with zero attached hydrogens (tertiary/aromatic N) is 3. The number of allylic oxidation sites excluding steroid dienone is 3. The third-order valence-corrected chi connectivity index (χ3v) is 4.07. The zero-order chi connectivity index (χ0) is 17.3. The maximum atomic E-state index is 12.9. The van der Waals surface area contributed by atoms with Gasteiger partial charge in [-0.05, 0) is 31.1 Å². The fourth-order valence-corrected chi connectivity index (χ4v) is 3.17. The summed E-state index contributed by atoms with van der Waals surface area (Å²) in [6, 6.07) is 3.41. The van der Waals surface area contributed by atoms with E-state index in [0.717, 1.165) is 12.8 Å². The normalized spacial score (nSPS) is 21.0. The van der Waals surface area contributed by atoms with Crippen molar-refractivity contribution >= 4 is 0 Å². The highest BCUT2D eigenvalue weighted by Gasteiger charge is 2.41. The van der Waals surface area contributed by atoms with E-state index >= 15 is 0 Å². The van der Waals surface area contributed by atoms with Gasteiger partial charge >= 0.3 is 6.36 Å². The zero-order valence-corrected chi connectivity index (χ0v) is 13.1. The second-order valence-corrected chi connectivity index (χ2v) is 6.61. The second-order valence-electron chi connectivity index (χ2n) is 6.61. The van der Waals surface area contributed by atoms with Crippen molar-refractivity contribution in [3.63, 3.8) is 0 Å². The summed E-state index contributed by atoms with van der Waals surface area (Å²) >= 11 is 0. The van der Waals surface area contributed by atoms with Gasteiger partial charge in [-0.2, -0.15) is 10.5 Å². The van der Waals surface area contributed by atoms with Crippen LogP contribution in [0.3, 0.4) is 0 Å². The molecule has 1 saturated heterocycles. The van der Waals surface area contributed by atoms with E-state index in [1.165, 1.54) is 0 Å². The van der Waals surface area contributed by atoms with Crippen molar-refractivity contribution in [3.05, 3.63) is 22.6 Å². The number of hydrogen-bond acceptors (Lipinski definition) is 4. The fourth-order valence-electron chi connectivity index (χ4n) is 3.17. The van der Waals surface area contributed by atoms with E-state index in [1.54, 1.807) is 12.1 Å². The van der Waals surface area contributed by atoms with E-state index in [1.807, 2.05) is 18.7 Å². The van der Waals surface area contributed by atoms with Crippen molar-refractivity contribution in [1.29, 1.82) is 10.5 Å². The van der Waals surface area contributed by atoms with Gasteiger partial charge in [0.2, 0.25) is 0 Å². The molecule has 0 atom stereocenters. The van der Waals surface area contributed by atoms with E-state index in [-0.39, 0.29) is 28.7 Å². The Morgan fingerprint density at radius 1 is 1.13 bits per heavy atom. The quantitative estimate of drug-likeness (QED) is 0.720. The Balaban J connectivity index is 2.63. The van der Waals surface area contributed by atoms with Crippen LogP contribution in [-0.4, -0.2) is 24.4 Å². The van der Waals surface area contributed by atoms with Gasteiger partial charge in [0.05, 0.1) is 5.70 Å². The second kappa shape index (κ2) is 6.16. The lowest BCUT2D eigenvalue weighted by molar-refractivity contribution is -0.305. The molecule has 7 heteroatoms. The van der Waals surface area contributed by atoms with Gasteiger partial charge in [-0.25, -0.2) is 0 Å². The van der Waals surface area contributed by atoms with Crippen LogP contribution in [0.4, 0.5) is 13.2 Å². The van der Waals surface area contributed by atoms with Crippen LogP contribution < -0.4 is 0 Å². The summed E-state index contributed by atoms with van der Waals surface area (Å²) in [7, 11) is 0. The molecule has 4 nitrogen and oxygen atoms in total. The maximum absolute atomic E-state index is 12.9. The molecule has 1 aliphatic heterocycles. The monoisotopic (exact) mass is 325 g/mol. The molecule has 0 aromatic carbocycles. The Bertz CT molecular complexity index is 610. The lowest BCUT2D eigenvalue weighted by atomic mass is 9.75. The predicted octanol–water partition coefficient (Wildman–Crippen LogP) is 3.99. The van der Waals surface area contributed by atoms with Gasteiger partial charge in [-0.15, -0.1) is 13.2 Å². The average molecular weight is 325 g/mol. The summed E-state index contributed by atoms with van der Waals surface area (Å²) in [4.78, 5) is 1.88. The van der Waals surface area contributed by atoms with Gasteiger partial charge < -0.3 is 9.64 Å². The fraction of sp³-hybridized carbons (Fsp3) is 0.625. The molecule has 124 valence electrons. The Labute approximate surface area is 133 Å². The Morgan fingerprint density at radius 2 is 1.70 bits per heavy atom. The van der Waals surface area contributed by atoms with Crippen LogP contribution in [0.15, 0.2) is 22.6 Å². The molecule has 0 amide bonds. The SMILES string of the molecule is CC1(C)CC(=C(C#N)C#N)C(OC(F)(F)F)=C(N2CCCC2)C1. The number of halogens is 3. The highest BCUT2D eigenvalue weighted by Crippen LogP contribution is 2.46. The van der Waals surface area contributed by atoms with E-state index < -0.39 is 6.36 Å². The lowest BCUT2D eigenvalue weighted by Crippen LogP contribution is -2.32. The Hall–Kier alpha value is -2.15. The summed E-state index contributed by atoms with van der Waals surface area (Å²) in [5.41, 5.74) is -0.140. The number of rotatable bonds is 2. The smallest absolute Gasteiger partial charge is 0.404 e. The molecular formula is C16H18F3N3O. The van der Waals surface area contributed by atoms with Crippen LogP contribution in [0.5, 0.6) is 0 Å². The number of likely N-dealkylation sites (tertiary alicyclic amines) is 1. The Kier molecular flexibility index (Phi) is 4.61. The van der Waals surface area contributed by atoms with Gasteiger partial charge in [0.15, 0.2) is 5.76 Å². The number of hydrogen-bond donors (Lipinski definition) is 0. The van der Waals surface area contributed by atoms with Crippen molar-refractivity contribution < 1.29 is 17.9 Å². The van der Waals surface area contributed by atoms with E-state index in [0.29, 0.717) is 25.2 Å². The summed E-state index contributed by atoms with van der Waals surface area (Å²) in [5.74, 6) is -0.350. The minimum absolute atomic E-state index is 0.0606. The maximum Gasteiger partial charge on any atom is 0.573 e. The van der Waals surface area contributed by atoms with Crippen molar-refractivity contribution in [2.24, 2.45) is 5.41 Å². The molecule has 0 N–H and O–H groups in total. The molecular weight excluding hydrogens is 307 g/mol. The van der Waals surface area contributed by atoms with E-state index in [2.05, 4.69) is 4.74 Å². The minimum atomic E-state index is -4.86. The van der Waals surface area contributed by atoms with Gasteiger partial charge in [-0.1, -0.05) is 13.8 Å². The van der Waals surface area contributed by atoms with Gasteiger partial charge in [0, 0.05) is 18.7 Å². The standard InChI is InChI=1S/C16H18F3N3O/c1-15(2)7-12(11(9-20)10-21)14(23-16(17,18)19)13(8-15)22-5-3-4-6-22/h3-8H2,1-2H3. The highest BCUT2D eigenvalue weighted by atomic mass is 19.4. The molecule has 23 heavy (non-hydrogen) atoms. The molecule has 1 heterocycles. The van der Waals surface area contributed by atoms with Gasteiger partial charge in [0.25, 0.3) is 0 Å². The molecule has 0 aromatic rings. The first-order valence-corrected chi connectivity index (χ1v) is 7.44. The van der Waals surface area contributed by atoms with Crippen LogP contribution in [0.1, 0.15) is 39.5 Å². The van der Waals surface area contributed by atoms with Crippen LogP contribution in [0.2, 0.25) is 0 Å². The predicted molar refractivity (Wildman–Crippen MR) is 76.2 cm³/mol. The highest BCUT2D eigenvalue weighted by molar-refractivity contribution is 5.50. The van der Waals surface area contributed by atoms with Crippen LogP contribution in [-0.2, 0) is 4.74 Å². The van der Waals surface area contributed by atoms with Crippen LogP contribution in [0, 0.1) is 28.1 Å². The number of nitriles is 2.